The van der Waals surface area contributed by atoms with Gasteiger partial charge in [0.25, 0.3) is 0 Å². The lowest BCUT2D eigenvalue weighted by Crippen LogP contribution is -2.13. The summed E-state index contributed by atoms with van der Waals surface area (Å²) in [5, 5.41) is 12.1. The molecule has 0 saturated carbocycles. The van der Waals surface area contributed by atoms with Gasteiger partial charge in [0.1, 0.15) is 11.6 Å². The topological polar surface area (TPSA) is 92.0 Å². The SMILES string of the molecule is COC(=O)Cn1nnnc1Sc1ncccc1OC. The first-order valence-corrected chi connectivity index (χ1v) is 6.06. The molecule has 0 N–H and O–H groups in total. The Bertz CT molecular complexity index is 574. The minimum absolute atomic E-state index is 0.0546. The van der Waals surface area contributed by atoms with Crippen molar-refractivity contribution in [2.75, 3.05) is 14.2 Å². The van der Waals surface area contributed by atoms with E-state index in [1.165, 1.54) is 23.6 Å². The van der Waals surface area contributed by atoms with Crippen molar-refractivity contribution in [3.05, 3.63) is 18.3 Å². The Morgan fingerprint density at radius 3 is 3.05 bits per heavy atom. The van der Waals surface area contributed by atoms with Crippen molar-refractivity contribution in [1.29, 1.82) is 0 Å². The molecule has 0 atom stereocenters. The minimum Gasteiger partial charge on any atom is -0.494 e. The summed E-state index contributed by atoms with van der Waals surface area (Å²) < 4.78 is 11.1. The molecule has 0 amide bonds. The third-order valence-electron chi connectivity index (χ3n) is 2.15. The highest BCUT2D eigenvalue weighted by Crippen LogP contribution is 2.30. The van der Waals surface area contributed by atoms with Crippen molar-refractivity contribution in [3.63, 3.8) is 0 Å². The Balaban J connectivity index is 2.19. The van der Waals surface area contributed by atoms with Crippen LogP contribution in [0, 0.1) is 0 Å². The van der Waals surface area contributed by atoms with Crippen molar-refractivity contribution < 1.29 is 14.3 Å². The number of methoxy groups -OCH3 is 2. The first-order chi connectivity index (χ1) is 9.24. The molecule has 0 aromatic carbocycles. The van der Waals surface area contributed by atoms with E-state index < -0.39 is 5.97 Å². The average molecular weight is 281 g/mol. The second-order valence-electron chi connectivity index (χ2n) is 3.31. The maximum atomic E-state index is 11.2. The van der Waals surface area contributed by atoms with Crippen LogP contribution in [-0.2, 0) is 16.1 Å². The highest BCUT2D eigenvalue weighted by molar-refractivity contribution is 7.99. The Hall–Kier alpha value is -2.16. The van der Waals surface area contributed by atoms with Gasteiger partial charge in [-0.2, -0.15) is 0 Å². The van der Waals surface area contributed by atoms with Crippen molar-refractivity contribution in [2.45, 2.75) is 16.7 Å². The van der Waals surface area contributed by atoms with Gasteiger partial charge in [0.2, 0.25) is 5.16 Å². The quantitative estimate of drug-likeness (QED) is 0.727. The molecule has 0 aliphatic carbocycles. The minimum atomic E-state index is -0.429. The molecule has 0 saturated heterocycles. The standard InChI is InChI=1S/C10H11N5O3S/c1-17-7-4-3-5-11-9(7)19-10-12-13-14-15(10)6-8(16)18-2/h3-5H,6H2,1-2H3. The summed E-state index contributed by atoms with van der Waals surface area (Å²) in [7, 11) is 2.86. The van der Waals surface area contributed by atoms with E-state index in [0.29, 0.717) is 15.9 Å². The van der Waals surface area contributed by atoms with Crippen LogP contribution in [0.1, 0.15) is 0 Å². The number of tetrazole rings is 1. The second-order valence-corrected chi connectivity index (χ2v) is 4.26. The summed E-state index contributed by atoms with van der Waals surface area (Å²) in [5.41, 5.74) is 0. The van der Waals surface area contributed by atoms with Crippen LogP contribution < -0.4 is 4.74 Å². The summed E-state index contributed by atoms with van der Waals surface area (Å²) in [6.07, 6.45) is 1.64. The number of pyridine rings is 1. The van der Waals surface area contributed by atoms with Crippen molar-refractivity contribution in [1.82, 2.24) is 25.2 Å². The lowest BCUT2D eigenvalue weighted by Gasteiger charge is -2.06. The fourth-order valence-electron chi connectivity index (χ4n) is 1.25. The summed E-state index contributed by atoms with van der Waals surface area (Å²) in [6.45, 7) is -0.0546. The Labute approximate surface area is 113 Å². The Morgan fingerprint density at radius 1 is 1.47 bits per heavy atom. The summed E-state index contributed by atoms with van der Waals surface area (Å²) >= 11 is 1.21. The molecule has 0 fully saturated rings. The molecule has 19 heavy (non-hydrogen) atoms. The van der Waals surface area contributed by atoms with E-state index in [4.69, 9.17) is 4.74 Å². The van der Waals surface area contributed by atoms with Crippen LogP contribution in [-0.4, -0.2) is 45.4 Å². The van der Waals surface area contributed by atoms with Crippen LogP contribution in [0.25, 0.3) is 0 Å². The first-order valence-electron chi connectivity index (χ1n) is 5.24. The van der Waals surface area contributed by atoms with E-state index in [1.807, 2.05) is 0 Å². The van der Waals surface area contributed by atoms with E-state index in [9.17, 15) is 4.79 Å². The van der Waals surface area contributed by atoms with Crippen LogP contribution in [0.5, 0.6) is 5.75 Å². The maximum absolute atomic E-state index is 11.2. The van der Waals surface area contributed by atoms with Crippen molar-refractivity contribution >= 4 is 17.7 Å². The molecule has 9 heteroatoms. The van der Waals surface area contributed by atoms with Crippen molar-refractivity contribution in [3.8, 4) is 5.75 Å². The second kappa shape index (κ2) is 6.14. The zero-order valence-electron chi connectivity index (χ0n) is 10.3. The van der Waals surface area contributed by atoms with Gasteiger partial charge in [0, 0.05) is 6.20 Å². The zero-order chi connectivity index (χ0) is 13.7. The normalized spacial score (nSPS) is 10.2. The molecule has 0 spiro atoms. The molecule has 0 radical (unpaired) electrons. The lowest BCUT2D eigenvalue weighted by atomic mass is 10.5. The number of nitrogens with zero attached hydrogens (tertiary/aromatic N) is 5. The molecule has 0 unspecified atom stereocenters. The molecule has 2 heterocycles. The van der Waals surface area contributed by atoms with Gasteiger partial charge in [-0.15, -0.1) is 5.10 Å². The number of hydrogen-bond acceptors (Lipinski definition) is 8. The van der Waals surface area contributed by atoms with Gasteiger partial charge in [0.05, 0.1) is 14.2 Å². The first kappa shape index (κ1) is 13.3. The number of carbonyl (C=O) groups excluding carboxylic acids is 1. The predicted molar refractivity (Wildman–Crippen MR) is 64.7 cm³/mol. The molecule has 0 bridgehead atoms. The van der Waals surface area contributed by atoms with Gasteiger partial charge in [-0.05, 0) is 34.3 Å². The number of hydrogen-bond donors (Lipinski definition) is 0. The molecule has 8 nitrogen and oxygen atoms in total. The largest absolute Gasteiger partial charge is 0.494 e. The van der Waals surface area contributed by atoms with Gasteiger partial charge < -0.3 is 9.47 Å². The average Bonchev–Trinajstić information content (AvgIpc) is 2.86. The number of carbonyl (C=O) groups is 1. The van der Waals surface area contributed by atoms with Crippen LogP contribution in [0.2, 0.25) is 0 Å². The van der Waals surface area contributed by atoms with Gasteiger partial charge >= 0.3 is 5.97 Å². The van der Waals surface area contributed by atoms with Crippen LogP contribution in [0.15, 0.2) is 28.5 Å². The summed E-state index contributed by atoms with van der Waals surface area (Å²) in [5.74, 6) is 0.183. The van der Waals surface area contributed by atoms with Crippen LogP contribution in [0.3, 0.4) is 0 Å². The predicted octanol–water partition coefficient (Wildman–Crippen LogP) is 0.401. The molecular weight excluding hydrogens is 270 g/mol. The molecule has 100 valence electrons. The number of rotatable bonds is 5. The smallest absolute Gasteiger partial charge is 0.327 e. The Kier molecular flexibility index (Phi) is 4.29. The monoisotopic (exact) mass is 281 g/mol. The van der Waals surface area contributed by atoms with Gasteiger partial charge in [-0.1, -0.05) is 0 Å². The zero-order valence-corrected chi connectivity index (χ0v) is 11.1. The number of ether oxygens (including phenoxy) is 2. The molecule has 2 rings (SSSR count). The van der Waals surface area contributed by atoms with Gasteiger partial charge in [0.15, 0.2) is 5.75 Å². The molecule has 0 aliphatic heterocycles. The fourth-order valence-corrected chi connectivity index (χ4v) is 2.07. The molecule has 0 aliphatic rings. The fraction of sp³-hybridized carbons (Fsp3) is 0.300. The van der Waals surface area contributed by atoms with Gasteiger partial charge in [-0.25, -0.2) is 9.67 Å². The number of esters is 1. The third-order valence-corrected chi connectivity index (χ3v) is 3.12. The Morgan fingerprint density at radius 2 is 2.32 bits per heavy atom. The molecular formula is C10H11N5O3S. The lowest BCUT2D eigenvalue weighted by molar-refractivity contribution is -0.141. The number of aromatic nitrogens is 5. The summed E-state index contributed by atoms with van der Waals surface area (Å²) in [4.78, 5) is 15.4. The van der Waals surface area contributed by atoms with E-state index >= 15 is 0 Å². The van der Waals surface area contributed by atoms with E-state index in [-0.39, 0.29) is 6.54 Å². The summed E-state index contributed by atoms with van der Waals surface area (Å²) in [6, 6.07) is 3.55. The van der Waals surface area contributed by atoms with Gasteiger partial charge in [-0.3, -0.25) is 4.79 Å². The van der Waals surface area contributed by atoms with E-state index in [0.717, 1.165) is 0 Å². The van der Waals surface area contributed by atoms with Crippen LogP contribution in [0.4, 0.5) is 0 Å². The highest BCUT2D eigenvalue weighted by Gasteiger charge is 2.14. The molecule has 2 aromatic heterocycles. The maximum Gasteiger partial charge on any atom is 0.327 e. The van der Waals surface area contributed by atoms with E-state index in [2.05, 4.69) is 25.2 Å². The highest BCUT2D eigenvalue weighted by atomic mass is 32.2. The molecule has 2 aromatic rings. The van der Waals surface area contributed by atoms with Crippen molar-refractivity contribution in [2.24, 2.45) is 0 Å². The van der Waals surface area contributed by atoms with E-state index in [1.54, 1.807) is 25.4 Å². The third kappa shape index (κ3) is 3.19. The van der Waals surface area contributed by atoms with Crippen LogP contribution >= 0.6 is 11.8 Å².